The second kappa shape index (κ2) is 8.60. The Balaban J connectivity index is 2.00. The number of benzene rings is 1. The molecule has 0 unspecified atom stereocenters. The summed E-state index contributed by atoms with van der Waals surface area (Å²) in [4.78, 5) is 16.8. The van der Waals surface area contributed by atoms with Gasteiger partial charge in [0.2, 0.25) is 5.91 Å². The molecule has 1 aliphatic heterocycles. The van der Waals surface area contributed by atoms with E-state index >= 15 is 0 Å². The van der Waals surface area contributed by atoms with Gasteiger partial charge in [-0.15, -0.1) is 0 Å². The van der Waals surface area contributed by atoms with Crippen molar-refractivity contribution in [2.75, 3.05) is 20.8 Å². The van der Waals surface area contributed by atoms with E-state index in [1.165, 1.54) is 0 Å². The van der Waals surface area contributed by atoms with Crippen molar-refractivity contribution < 1.29 is 19.0 Å². The number of carbonyl (C=O) groups excluding carboxylic acids is 1. The number of hydrogen-bond acceptors (Lipinski definition) is 6. The molecular weight excluding hydrogens is 360 g/mol. The number of methoxy groups -OCH3 is 2. The van der Waals surface area contributed by atoms with Crippen LogP contribution >= 0.6 is 0 Å². The van der Waals surface area contributed by atoms with Crippen LogP contribution in [0.2, 0.25) is 0 Å². The molecule has 8 nitrogen and oxygen atoms in total. The highest BCUT2D eigenvalue weighted by Crippen LogP contribution is 2.37. The lowest BCUT2D eigenvalue weighted by atomic mass is 9.98. The van der Waals surface area contributed by atoms with Gasteiger partial charge in [-0.2, -0.15) is 5.10 Å². The number of morpholine rings is 1. The quantitative estimate of drug-likeness (QED) is 0.784. The van der Waals surface area contributed by atoms with Crippen LogP contribution in [0, 0.1) is 5.92 Å². The number of aromatic nitrogens is 3. The maximum atomic E-state index is 12.1. The third-order valence-electron chi connectivity index (χ3n) is 4.67. The topological polar surface area (TPSA) is 87.5 Å². The third kappa shape index (κ3) is 4.11. The van der Waals surface area contributed by atoms with Gasteiger partial charge >= 0.3 is 0 Å². The average Bonchev–Trinajstić information content (AvgIpc) is 3.09. The van der Waals surface area contributed by atoms with Crippen molar-refractivity contribution in [3.63, 3.8) is 0 Å². The largest absolute Gasteiger partial charge is 0.493 e. The first-order valence-electron chi connectivity index (χ1n) is 9.53. The normalized spacial score (nSPS) is 19.6. The molecule has 1 N–H and O–H groups in total. The summed E-state index contributed by atoms with van der Waals surface area (Å²) in [5, 5.41) is 7.65. The SMILES string of the molecule is CCn1nc(CC(C)C)nc1[C@H]1OCC(=O)N[C@@H]1c1ccc(OC)c(OC)c1. The first-order chi connectivity index (χ1) is 13.5. The van der Waals surface area contributed by atoms with Gasteiger partial charge in [0.15, 0.2) is 23.1 Å². The Morgan fingerprint density at radius 3 is 2.68 bits per heavy atom. The van der Waals surface area contributed by atoms with Crippen molar-refractivity contribution >= 4 is 5.91 Å². The molecular formula is C20H28N4O4. The van der Waals surface area contributed by atoms with E-state index in [-0.39, 0.29) is 12.5 Å². The minimum atomic E-state index is -0.441. The van der Waals surface area contributed by atoms with Crippen molar-refractivity contribution in [3.05, 3.63) is 35.4 Å². The van der Waals surface area contributed by atoms with Crippen LogP contribution < -0.4 is 14.8 Å². The van der Waals surface area contributed by atoms with Crippen LogP contribution in [0.4, 0.5) is 0 Å². The second-order valence-corrected chi connectivity index (χ2v) is 7.19. The molecule has 1 aliphatic rings. The zero-order valence-corrected chi connectivity index (χ0v) is 17.1. The van der Waals surface area contributed by atoms with Gasteiger partial charge in [0, 0.05) is 13.0 Å². The van der Waals surface area contributed by atoms with E-state index in [9.17, 15) is 4.79 Å². The van der Waals surface area contributed by atoms with Crippen LogP contribution in [0.5, 0.6) is 11.5 Å². The standard InChI is InChI=1S/C20H28N4O4/c1-6-24-20(21-16(23-24)9-12(2)3)19-18(22-17(25)11-28-19)13-7-8-14(26-4)15(10-13)27-5/h7-8,10,12,18-19H,6,9,11H2,1-5H3,(H,22,25)/t18-,19+/m1/s1. The summed E-state index contributed by atoms with van der Waals surface area (Å²) < 4.78 is 18.5. The molecule has 152 valence electrons. The molecule has 0 saturated carbocycles. The van der Waals surface area contributed by atoms with E-state index in [1.54, 1.807) is 14.2 Å². The van der Waals surface area contributed by atoms with E-state index in [2.05, 4.69) is 24.3 Å². The molecule has 2 aromatic rings. The van der Waals surface area contributed by atoms with Crippen molar-refractivity contribution in [3.8, 4) is 11.5 Å². The van der Waals surface area contributed by atoms with Gasteiger partial charge < -0.3 is 19.5 Å². The highest BCUT2D eigenvalue weighted by Gasteiger charge is 2.36. The molecule has 28 heavy (non-hydrogen) atoms. The second-order valence-electron chi connectivity index (χ2n) is 7.19. The van der Waals surface area contributed by atoms with Gasteiger partial charge in [0.05, 0.1) is 20.3 Å². The molecule has 1 aromatic heterocycles. The Kier molecular flexibility index (Phi) is 6.18. The number of nitrogens with zero attached hydrogens (tertiary/aromatic N) is 3. The first kappa shape index (κ1) is 20.1. The van der Waals surface area contributed by atoms with Gasteiger partial charge in [-0.25, -0.2) is 9.67 Å². The van der Waals surface area contributed by atoms with E-state index in [0.717, 1.165) is 23.6 Å². The summed E-state index contributed by atoms with van der Waals surface area (Å²) >= 11 is 0. The number of amides is 1. The van der Waals surface area contributed by atoms with Crippen molar-refractivity contribution in [1.82, 2.24) is 20.1 Å². The number of aryl methyl sites for hydroxylation is 1. The fourth-order valence-corrected chi connectivity index (χ4v) is 3.38. The highest BCUT2D eigenvalue weighted by molar-refractivity contribution is 5.78. The maximum absolute atomic E-state index is 12.1. The molecule has 0 radical (unpaired) electrons. The molecule has 2 atom stereocenters. The van der Waals surface area contributed by atoms with E-state index < -0.39 is 12.1 Å². The Labute approximate surface area is 165 Å². The highest BCUT2D eigenvalue weighted by atomic mass is 16.5. The minimum absolute atomic E-state index is 0.00938. The van der Waals surface area contributed by atoms with Gasteiger partial charge in [0.1, 0.15) is 12.7 Å². The average molecular weight is 388 g/mol. The number of ether oxygens (including phenoxy) is 3. The van der Waals surface area contributed by atoms with E-state index in [4.69, 9.17) is 19.2 Å². The van der Waals surface area contributed by atoms with E-state index in [1.807, 2.05) is 29.8 Å². The Bertz CT molecular complexity index is 834. The molecule has 1 saturated heterocycles. The van der Waals surface area contributed by atoms with E-state index in [0.29, 0.717) is 24.0 Å². The number of rotatable bonds is 7. The summed E-state index contributed by atoms with van der Waals surface area (Å²) in [6, 6.07) is 5.17. The molecule has 8 heteroatoms. The minimum Gasteiger partial charge on any atom is -0.493 e. The lowest BCUT2D eigenvalue weighted by Gasteiger charge is -2.32. The molecule has 1 fully saturated rings. The molecule has 2 heterocycles. The number of carbonyl (C=O) groups is 1. The monoisotopic (exact) mass is 388 g/mol. The Hall–Kier alpha value is -2.61. The van der Waals surface area contributed by atoms with Crippen molar-refractivity contribution in [2.45, 2.75) is 45.9 Å². The van der Waals surface area contributed by atoms with Crippen molar-refractivity contribution in [1.29, 1.82) is 0 Å². The zero-order valence-electron chi connectivity index (χ0n) is 17.1. The lowest BCUT2D eigenvalue weighted by Crippen LogP contribution is -2.42. The number of hydrogen-bond donors (Lipinski definition) is 1. The van der Waals surface area contributed by atoms with Gasteiger partial charge in [-0.3, -0.25) is 4.79 Å². The molecule has 0 spiro atoms. The van der Waals surface area contributed by atoms with Crippen LogP contribution in [-0.4, -0.2) is 41.5 Å². The third-order valence-corrected chi connectivity index (χ3v) is 4.67. The Morgan fingerprint density at radius 1 is 1.29 bits per heavy atom. The molecule has 3 rings (SSSR count). The smallest absolute Gasteiger partial charge is 0.246 e. The first-order valence-corrected chi connectivity index (χ1v) is 9.53. The number of nitrogens with one attached hydrogen (secondary N) is 1. The molecule has 1 amide bonds. The summed E-state index contributed by atoms with van der Waals surface area (Å²) in [6.45, 7) is 6.95. The predicted molar refractivity (Wildman–Crippen MR) is 103 cm³/mol. The Morgan fingerprint density at radius 2 is 2.04 bits per heavy atom. The summed E-state index contributed by atoms with van der Waals surface area (Å²) in [6.07, 6.45) is 0.351. The molecule has 0 aliphatic carbocycles. The summed E-state index contributed by atoms with van der Waals surface area (Å²) in [5.41, 5.74) is 0.853. The maximum Gasteiger partial charge on any atom is 0.246 e. The van der Waals surface area contributed by atoms with Gasteiger partial charge in [-0.1, -0.05) is 19.9 Å². The molecule has 1 aromatic carbocycles. The summed E-state index contributed by atoms with van der Waals surface area (Å²) in [5.74, 6) is 3.02. The van der Waals surface area contributed by atoms with Gasteiger partial charge in [-0.05, 0) is 30.5 Å². The zero-order chi connectivity index (χ0) is 20.3. The van der Waals surface area contributed by atoms with Crippen LogP contribution in [0.15, 0.2) is 18.2 Å². The fourth-order valence-electron chi connectivity index (χ4n) is 3.38. The van der Waals surface area contributed by atoms with Crippen molar-refractivity contribution in [2.24, 2.45) is 5.92 Å². The van der Waals surface area contributed by atoms with Crippen LogP contribution in [0.25, 0.3) is 0 Å². The van der Waals surface area contributed by atoms with Crippen LogP contribution in [-0.2, 0) is 22.5 Å². The van der Waals surface area contributed by atoms with Crippen LogP contribution in [0.3, 0.4) is 0 Å². The fraction of sp³-hybridized carbons (Fsp3) is 0.550. The molecule has 0 bridgehead atoms. The lowest BCUT2D eigenvalue weighted by molar-refractivity contribution is -0.138. The van der Waals surface area contributed by atoms with Gasteiger partial charge in [0.25, 0.3) is 0 Å². The van der Waals surface area contributed by atoms with Crippen LogP contribution in [0.1, 0.15) is 50.1 Å². The summed E-state index contributed by atoms with van der Waals surface area (Å²) in [7, 11) is 3.17. The predicted octanol–water partition coefficient (Wildman–Crippen LogP) is 2.44.